The molecule has 21 heavy (non-hydrogen) atoms. The minimum atomic E-state index is -3.83. The number of rotatable bonds is 5. The highest BCUT2D eigenvalue weighted by atomic mass is 32.2. The largest absolute Gasteiger partial charge is 0.495 e. The Balaban J connectivity index is 2.45. The van der Waals surface area contributed by atoms with Crippen LogP contribution in [0.1, 0.15) is 10.4 Å². The molecule has 1 aromatic heterocycles. The van der Waals surface area contributed by atoms with Gasteiger partial charge >= 0.3 is 5.97 Å². The Morgan fingerprint density at radius 3 is 2.57 bits per heavy atom. The monoisotopic (exact) mass is 327 g/mol. The highest BCUT2D eigenvalue weighted by Gasteiger charge is 2.26. The lowest BCUT2D eigenvalue weighted by molar-refractivity contribution is 0.0697. The lowest BCUT2D eigenvalue weighted by Crippen LogP contribution is -2.26. The van der Waals surface area contributed by atoms with Gasteiger partial charge in [0.15, 0.2) is 0 Å². The van der Waals surface area contributed by atoms with Crippen molar-refractivity contribution in [3.8, 4) is 5.75 Å². The second-order valence-corrected chi connectivity index (χ2v) is 7.21. The van der Waals surface area contributed by atoms with E-state index >= 15 is 0 Å². The molecular weight excluding hydrogens is 314 g/mol. The van der Waals surface area contributed by atoms with Crippen LogP contribution >= 0.6 is 11.3 Å². The van der Waals surface area contributed by atoms with Crippen molar-refractivity contribution in [3.63, 3.8) is 0 Å². The molecule has 112 valence electrons. The number of carboxylic acid groups (broad SMARTS) is 1. The van der Waals surface area contributed by atoms with Crippen molar-refractivity contribution < 1.29 is 23.1 Å². The van der Waals surface area contributed by atoms with Gasteiger partial charge in [0, 0.05) is 12.4 Å². The van der Waals surface area contributed by atoms with E-state index in [1.165, 1.54) is 19.5 Å². The van der Waals surface area contributed by atoms with Crippen LogP contribution in [0.2, 0.25) is 0 Å². The zero-order chi connectivity index (χ0) is 15.6. The fourth-order valence-electron chi connectivity index (χ4n) is 1.72. The molecule has 6 nitrogen and oxygen atoms in total. The van der Waals surface area contributed by atoms with Gasteiger partial charge in [0.05, 0.1) is 18.4 Å². The van der Waals surface area contributed by atoms with Crippen LogP contribution in [0.3, 0.4) is 0 Å². The highest BCUT2D eigenvalue weighted by Crippen LogP contribution is 2.32. The molecule has 0 bridgehead atoms. The molecule has 0 saturated carbocycles. The summed E-state index contributed by atoms with van der Waals surface area (Å²) in [4.78, 5) is 10.9. The van der Waals surface area contributed by atoms with Gasteiger partial charge < -0.3 is 9.84 Å². The molecule has 0 saturated heterocycles. The van der Waals surface area contributed by atoms with E-state index < -0.39 is 16.0 Å². The first-order valence-corrected chi connectivity index (χ1v) is 8.13. The molecule has 0 radical (unpaired) electrons. The van der Waals surface area contributed by atoms with Crippen molar-refractivity contribution in [1.82, 2.24) is 0 Å². The molecule has 0 spiro atoms. The van der Waals surface area contributed by atoms with Crippen molar-refractivity contribution in [3.05, 3.63) is 41.3 Å². The number of carboxylic acids is 1. The molecule has 0 atom stereocenters. The van der Waals surface area contributed by atoms with Crippen LogP contribution < -0.4 is 9.04 Å². The summed E-state index contributed by atoms with van der Waals surface area (Å²) >= 11 is 0.870. The second kappa shape index (κ2) is 5.74. The summed E-state index contributed by atoms with van der Waals surface area (Å²) in [5.41, 5.74) is 0.331. The third kappa shape index (κ3) is 2.86. The first-order valence-electron chi connectivity index (χ1n) is 5.81. The molecule has 0 aliphatic heterocycles. The first-order chi connectivity index (χ1) is 9.87. The summed E-state index contributed by atoms with van der Waals surface area (Å²) in [6.07, 6.45) is 0. The molecule has 1 N–H and O–H groups in total. The molecule has 1 aromatic carbocycles. The van der Waals surface area contributed by atoms with Gasteiger partial charge in [-0.05, 0) is 18.2 Å². The van der Waals surface area contributed by atoms with Crippen LogP contribution in [0.25, 0.3) is 0 Å². The number of para-hydroxylation sites is 2. The molecule has 0 unspecified atom stereocenters. The average molecular weight is 327 g/mol. The number of anilines is 1. The maximum absolute atomic E-state index is 12.5. The Labute approximate surface area is 126 Å². The minimum absolute atomic E-state index is 0.0340. The molecule has 1 heterocycles. The van der Waals surface area contributed by atoms with E-state index in [-0.39, 0.29) is 9.77 Å². The zero-order valence-corrected chi connectivity index (χ0v) is 12.9. The zero-order valence-electron chi connectivity index (χ0n) is 11.3. The predicted molar refractivity (Wildman–Crippen MR) is 79.9 cm³/mol. The second-order valence-electron chi connectivity index (χ2n) is 4.10. The van der Waals surface area contributed by atoms with Crippen LogP contribution in [0, 0.1) is 0 Å². The number of benzene rings is 1. The molecule has 2 aromatic rings. The van der Waals surface area contributed by atoms with E-state index in [1.807, 2.05) is 0 Å². The number of sulfonamides is 1. The number of hydrogen-bond acceptors (Lipinski definition) is 5. The lowest BCUT2D eigenvalue weighted by Gasteiger charge is -2.20. The lowest BCUT2D eigenvalue weighted by atomic mass is 10.3. The number of carbonyl (C=O) groups is 1. The number of hydrogen-bond donors (Lipinski definition) is 1. The van der Waals surface area contributed by atoms with Crippen molar-refractivity contribution in [2.24, 2.45) is 0 Å². The number of ether oxygens (including phenoxy) is 1. The quantitative estimate of drug-likeness (QED) is 0.911. The molecule has 2 rings (SSSR count). The van der Waals surface area contributed by atoms with Gasteiger partial charge in [0.1, 0.15) is 9.96 Å². The van der Waals surface area contributed by atoms with E-state index in [2.05, 4.69) is 0 Å². The van der Waals surface area contributed by atoms with E-state index in [0.29, 0.717) is 11.4 Å². The molecule has 0 aliphatic rings. The standard InChI is InChI=1S/C13H13NO5S2/c1-14(10-5-3-4-6-11(10)19-2)21(17,18)12-7-9(8-20-12)13(15)16/h3-8H,1-2H3,(H,15,16). The number of methoxy groups -OCH3 is 1. The van der Waals surface area contributed by atoms with Gasteiger partial charge in [-0.3, -0.25) is 4.31 Å². The average Bonchev–Trinajstić information content (AvgIpc) is 2.97. The van der Waals surface area contributed by atoms with Gasteiger partial charge in [-0.15, -0.1) is 11.3 Å². The Bertz CT molecular complexity index is 766. The van der Waals surface area contributed by atoms with Crippen molar-refractivity contribution in [1.29, 1.82) is 0 Å². The van der Waals surface area contributed by atoms with Gasteiger partial charge in [-0.1, -0.05) is 12.1 Å². The Morgan fingerprint density at radius 2 is 2.00 bits per heavy atom. The van der Waals surface area contributed by atoms with Crippen molar-refractivity contribution in [2.45, 2.75) is 4.21 Å². The molecule has 0 amide bonds. The third-order valence-electron chi connectivity index (χ3n) is 2.86. The molecule has 0 fully saturated rings. The minimum Gasteiger partial charge on any atom is -0.495 e. The summed E-state index contributed by atoms with van der Waals surface area (Å²) in [7, 11) is -0.981. The van der Waals surface area contributed by atoms with Crippen LogP contribution in [0.4, 0.5) is 5.69 Å². The summed E-state index contributed by atoms with van der Waals surface area (Å²) < 4.78 is 31.2. The maximum atomic E-state index is 12.5. The number of thiophene rings is 1. The van der Waals surface area contributed by atoms with Crippen LogP contribution in [-0.2, 0) is 10.0 Å². The van der Waals surface area contributed by atoms with Crippen molar-refractivity contribution >= 4 is 33.0 Å². The van der Waals surface area contributed by atoms with Crippen molar-refractivity contribution in [2.75, 3.05) is 18.5 Å². The SMILES string of the molecule is COc1ccccc1N(C)S(=O)(=O)c1cc(C(=O)O)cs1. The first kappa shape index (κ1) is 15.3. The molecule has 0 aliphatic carbocycles. The van der Waals surface area contributed by atoms with E-state index in [0.717, 1.165) is 21.7 Å². The third-order valence-corrected chi connectivity index (χ3v) is 6.05. The van der Waals surface area contributed by atoms with Crippen LogP contribution in [0.15, 0.2) is 39.9 Å². The van der Waals surface area contributed by atoms with Gasteiger partial charge in [-0.2, -0.15) is 0 Å². The summed E-state index contributed by atoms with van der Waals surface area (Å²) in [6, 6.07) is 7.84. The maximum Gasteiger partial charge on any atom is 0.336 e. The highest BCUT2D eigenvalue weighted by molar-refractivity contribution is 7.94. The fourth-order valence-corrected chi connectivity index (χ4v) is 4.25. The van der Waals surface area contributed by atoms with Gasteiger partial charge in [0.2, 0.25) is 0 Å². The van der Waals surface area contributed by atoms with E-state index in [1.54, 1.807) is 24.3 Å². The smallest absolute Gasteiger partial charge is 0.336 e. The predicted octanol–water partition coefficient (Wildman–Crippen LogP) is 2.28. The molecular formula is C13H13NO5S2. The van der Waals surface area contributed by atoms with Crippen LogP contribution in [-0.4, -0.2) is 33.7 Å². The van der Waals surface area contributed by atoms with E-state index in [9.17, 15) is 13.2 Å². The van der Waals surface area contributed by atoms with Gasteiger partial charge in [0.25, 0.3) is 10.0 Å². The summed E-state index contributed by atoms with van der Waals surface area (Å²) in [6.45, 7) is 0. The number of nitrogens with zero attached hydrogens (tertiary/aromatic N) is 1. The summed E-state index contributed by atoms with van der Waals surface area (Å²) in [5, 5.41) is 10.2. The summed E-state index contributed by atoms with van der Waals surface area (Å²) in [5.74, 6) is -0.744. The normalized spacial score (nSPS) is 11.1. The Kier molecular flexibility index (Phi) is 4.19. The fraction of sp³-hybridized carbons (Fsp3) is 0.154. The Hall–Kier alpha value is -2.06. The molecule has 8 heteroatoms. The Morgan fingerprint density at radius 1 is 1.33 bits per heavy atom. The van der Waals surface area contributed by atoms with Crippen LogP contribution in [0.5, 0.6) is 5.75 Å². The van der Waals surface area contributed by atoms with E-state index in [4.69, 9.17) is 9.84 Å². The topological polar surface area (TPSA) is 83.9 Å². The number of aromatic carboxylic acids is 1. The van der Waals surface area contributed by atoms with Gasteiger partial charge in [-0.25, -0.2) is 13.2 Å².